The van der Waals surface area contributed by atoms with Crippen molar-refractivity contribution in [2.75, 3.05) is 0 Å². The maximum absolute atomic E-state index is 7.91. The van der Waals surface area contributed by atoms with Crippen LogP contribution in [0.5, 0.6) is 0 Å². The molecule has 1 spiro atoms. The Hall–Kier alpha value is -8.52. The van der Waals surface area contributed by atoms with E-state index in [9.17, 15) is 0 Å². The molecule has 0 fully saturated rings. The number of fused-ring (bicyclic) bond motifs is 10. The highest BCUT2D eigenvalue weighted by molar-refractivity contribution is 5.96. The third kappa shape index (κ3) is 5.86. The molecule has 4 nitrogen and oxygen atoms in total. The number of rotatable bonds is 6. The summed E-state index contributed by atoms with van der Waals surface area (Å²) in [6, 6.07) is 76.9. The Morgan fingerprint density at radius 2 is 0.698 bits per heavy atom. The van der Waals surface area contributed by atoms with Crippen LogP contribution in [0.15, 0.2) is 218 Å². The molecule has 0 saturated carbocycles. The lowest BCUT2D eigenvalue weighted by molar-refractivity contribution is 0.794. The first kappa shape index (κ1) is 36.3. The van der Waals surface area contributed by atoms with Gasteiger partial charge in [-0.2, -0.15) is 0 Å². The topological polar surface area (TPSA) is 43.0 Å². The first-order chi connectivity index (χ1) is 31.2. The van der Waals surface area contributed by atoms with Gasteiger partial charge < -0.3 is 0 Å². The molecule has 2 aliphatic carbocycles. The third-order valence-electron chi connectivity index (χ3n) is 12.8. The molecule has 9 aromatic carbocycles. The van der Waals surface area contributed by atoms with Gasteiger partial charge in [-0.25, -0.2) is 19.8 Å². The maximum Gasteiger partial charge on any atom is 0.187 e. The Kier molecular flexibility index (Phi) is 8.42. The lowest BCUT2D eigenvalue weighted by Crippen LogP contribution is -2.25. The van der Waals surface area contributed by atoms with Crippen LogP contribution < -0.4 is 0 Å². The van der Waals surface area contributed by atoms with Gasteiger partial charge in [-0.1, -0.05) is 206 Å². The molecule has 63 heavy (non-hydrogen) atoms. The normalized spacial score (nSPS) is 12.6. The van der Waals surface area contributed by atoms with Gasteiger partial charge in [-0.15, -0.1) is 0 Å². The van der Waals surface area contributed by atoms with E-state index in [2.05, 4.69) is 181 Å². The van der Waals surface area contributed by atoms with E-state index in [1.165, 1.54) is 44.5 Å². The molecular weight excluding hydrogens is 765 g/mol. The average molecular weight is 801 g/mol. The van der Waals surface area contributed by atoms with Gasteiger partial charge in [0.25, 0.3) is 0 Å². The van der Waals surface area contributed by atoms with Crippen molar-refractivity contribution in [2.24, 2.45) is 0 Å². The number of hydrogen-bond acceptors (Lipinski definition) is 3. The van der Waals surface area contributed by atoms with Gasteiger partial charge in [0.1, 0.15) is 0 Å². The van der Waals surface area contributed by atoms with Crippen molar-refractivity contribution >= 4 is 5.69 Å². The first-order valence-electron chi connectivity index (χ1n) is 21.2. The van der Waals surface area contributed by atoms with Gasteiger partial charge in [0, 0.05) is 16.7 Å². The van der Waals surface area contributed by atoms with Crippen LogP contribution in [0, 0.1) is 6.57 Å². The van der Waals surface area contributed by atoms with E-state index in [-0.39, 0.29) is 0 Å². The fourth-order valence-electron chi connectivity index (χ4n) is 9.87. The molecule has 292 valence electrons. The largest absolute Gasteiger partial charge is 0.238 e. The molecule has 0 radical (unpaired) electrons. The van der Waals surface area contributed by atoms with E-state index in [1.807, 2.05) is 42.5 Å². The monoisotopic (exact) mass is 800 g/mol. The van der Waals surface area contributed by atoms with Crippen LogP contribution in [0.25, 0.3) is 94.6 Å². The summed E-state index contributed by atoms with van der Waals surface area (Å²) in [6.45, 7) is 7.91. The zero-order valence-electron chi connectivity index (χ0n) is 34.1. The van der Waals surface area contributed by atoms with Crippen LogP contribution in [0.4, 0.5) is 5.69 Å². The summed E-state index contributed by atoms with van der Waals surface area (Å²) in [5.74, 6) is 1.89. The quantitative estimate of drug-likeness (QED) is 0.157. The summed E-state index contributed by atoms with van der Waals surface area (Å²) < 4.78 is 0. The molecule has 1 aromatic heterocycles. The lowest BCUT2D eigenvalue weighted by Gasteiger charge is -2.30. The van der Waals surface area contributed by atoms with Crippen molar-refractivity contribution in [2.45, 2.75) is 5.41 Å². The number of benzene rings is 9. The van der Waals surface area contributed by atoms with Gasteiger partial charge in [0.05, 0.1) is 12.0 Å². The second-order valence-electron chi connectivity index (χ2n) is 16.2. The van der Waals surface area contributed by atoms with Crippen LogP contribution in [0.2, 0.25) is 0 Å². The highest BCUT2D eigenvalue weighted by Gasteiger charge is 2.51. The summed E-state index contributed by atoms with van der Waals surface area (Å²) in [4.78, 5) is 18.9. The number of aromatic nitrogens is 3. The molecule has 12 rings (SSSR count). The smallest absolute Gasteiger partial charge is 0.187 e. The Labute approximate surface area is 366 Å². The predicted molar refractivity (Wildman–Crippen MR) is 255 cm³/mol. The van der Waals surface area contributed by atoms with E-state index < -0.39 is 5.41 Å². The van der Waals surface area contributed by atoms with Gasteiger partial charge in [0.2, 0.25) is 0 Å². The first-order valence-corrected chi connectivity index (χ1v) is 21.2. The van der Waals surface area contributed by atoms with Gasteiger partial charge >= 0.3 is 0 Å². The molecule has 0 saturated heterocycles. The molecule has 0 N–H and O–H groups in total. The molecule has 0 bridgehead atoms. The average Bonchev–Trinajstić information content (AvgIpc) is 3.83. The Balaban J connectivity index is 0.881. The molecule has 0 aliphatic heterocycles. The van der Waals surface area contributed by atoms with Crippen molar-refractivity contribution in [1.82, 2.24) is 15.0 Å². The van der Waals surface area contributed by atoms with Crippen molar-refractivity contribution < 1.29 is 0 Å². The van der Waals surface area contributed by atoms with Crippen molar-refractivity contribution in [3.63, 3.8) is 0 Å². The Morgan fingerprint density at radius 3 is 1.32 bits per heavy atom. The summed E-state index contributed by atoms with van der Waals surface area (Å²) in [5, 5.41) is 0. The second kappa shape index (κ2) is 14.6. The van der Waals surface area contributed by atoms with E-state index in [4.69, 9.17) is 21.5 Å². The minimum absolute atomic E-state index is 0.480. The van der Waals surface area contributed by atoms with Crippen molar-refractivity contribution in [1.29, 1.82) is 0 Å². The molecule has 10 aromatic rings. The lowest BCUT2D eigenvalue weighted by atomic mass is 9.70. The summed E-state index contributed by atoms with van der Waals surface area (Å²) in [5.41, 5.74) is 19.7. The molecule has 0 atom stereocenters. The minimum atomic E-state index is -0.480. The third-order valence-corrected chi connectivity index (χ3v) is 12.8. The highest BCUT2D eigenvalue weighted by Crippen LogP contribution is 2.63. The van der Waals surface area contributed by atoms with Crippen LogP contribution in [0.1, 0.15) is 22.3 Å². The number of nitrogens with zero attached hydrogens (tertiary/aromatic N) is 4. The predicted octanol–water partition coefficient (Wildman–Crippen LogP) is 14.8. The molecule has 2 aliphatic rings. The standard InChI is InChI=1S/C59H36N4/c1-60-47-32-33-50-51-36-45(31-34-54(51)59(55(50)37-47)52-21-10-8-19-48(52)49-20-9-11-22-53(49)59)41-25-23-39(24-26-41)40-27-29-43(30-28-40)57-61-56(42-15-6-3-7-16-42)62-58(63-57)46-18-12-17-44(35-46)38-13-4-2-5-14-38/h2-37H. The van der Waals surface area contributed by atoms with Crippen LogP contribution >= 0.6 is 0 Å². The van der Waals surface area contributed by atoms with Gasteiger partial charge in [0.15, 0.2) is 23.2 Å². The summed E-state index contributed by atoms with van der Waals surface area (Å²) >= 11 is 0. The fraction of sp³-hybridized carbons (Fsp3) is 0.0169. The van der Waals surface area contributed by atoms with E-state index in [1.54, 1.807) is 0 Å². The van der Waals surface area contributed by atoms with Crippen molar-refractivity contribution in [3.05, 3.63) is 252 Å². The Bertz CT molecular complexity index is 3390. The molecule has 1 heterocycles. The van der Waals surface area contributed by atoms with E-state index in [0.29, 0.717) is 23.2 Å². The molecule has 0 unspecified atom stereocenters. The molecule has 0 amide bonds. The number of hydrogen-bond donors (Lipinski definition) is 0. The Morgan fingerprint density at radius 1 is 0.286 bits per heavy atom. The summed E-state index contributed by atoms with van der Waals surface area (Å²) in [7, 11) is 0. The fourth-order valence-corrected chi connectivity index (χ4v) is 9.87. The molecular formula is C59H36N4. The van der Waals surface area contributed by atoms with E-state index in [0.717, 1.165) is 50.1 Å². The maximum atomic E-state index is 7.91. The van der Waals surface area contributed by atoms with Gasteiger partial charge in [-0.05, 0) is 90.0 Å². The second-order valence-corrected chi connectivity index (χ2v) is 16.2. The van der Waals surface area contributed by atoms with Crippen molar-refractivity contribution in [3.8, 4) is 89.8 Å². The SMILES string of the molecule is [C-]#[N+]c1ccc2c(c1)C1(c3ccccc3-c3ccccc31)c1ccc(-c3ccc(-c4ccc(-c5nc(-c6ccccc6)nc(-c6cccc(-c7ccccc7)c6)n5)cc4)cc3)cc1-2. The zero-order valence-corrected chi connectivity index (χ0v) is 34.1. The van der Waals surface area contributed by atoms with E-state index >= 15 is 0 Å². The highest BCUT2D eigenvalue weighted by atomic mass is 15.0. The minimum Gasteiger partial charge on any atom is -0.238 e. The van der Waals surface area contributed by atoms with Crippen LogP contribution in [-0.4, -0.2) is 15.0 Å². The molecule has 4 heteroatoms. The summed E-state index contributed by atoms with van der Waals surface area (Å²) in [6.07, 6.45) is 0. The van der Waals surface area contributed by atoms with Crippen LogP contribution in [0.3, 0.4) is 0 Å². The zero-order chi connectivity index (χ0) is 41.9. The van der Waals surface area contributed by atoms with Gasteiger partial charge in [-0.3, -0.25) is 0 Å². The van der Waals surface area contributed by atoms with Crippen LogP contribution in [-0.2, 0) is 5.41 Å².